The normalized spacial score (nSPS) is 12.7. The summed E-state index contributed by atoms with van der Waals surface area (Å²) in [5, 5.41) is 9.92. The molecule has 0 spiro atoms. The Labute approximate surface area is 121 Å². The van der Waals surface area contributed by atoms with E-state index in [-0.39, 0.29) is 5.82 Å². The third kappa shape index (κ3) is 2.60. The van der Waals surface area contributed by atoms with Crippen LogP contribution in [0.3, 0.4) is 0 Å². The molecule has 3 aromatic rings. The maximum atomic E-state index is 13.0. The molecular weight excluding hydrogens is 269 g/mol. The van der Waals surface area contributed by atoms with Crippen molar-refractivity contribution in [3.8, 4) is 0 Å². The summed E-state index contributed by atoms with van der Waals surface area (Å²) in [4.78, 5) is 4.45. The molecule has 4 nitrogen and oxygen atoms in total. The van der Waals surface area contributed by atoms with Crippen LogP contribution < -0.4 is 5.73 Å². The largest absolute Gasteiger partial charge is 0.399 e. The first kappa shape index (κ1) is 13.6. The van der Waals surface area contributed by atoms with Crippen LogP contribution in [0.5, 0.6) is 0 Å². The molecular formula is C16H16FN3O. The van der Waals surface area contributed by atoms with Gasteiger partial charge in [0.1, 0.15) is 17.7 Å². The minimum absolute atomic E-state index is 0.266. The Morgan fingerprint density at radius 1 is 1.24 bits per heavy atom. The summed E-state index contributed by atoms with van der Waals surface area (Å²) in [6, 6.07) is 11.8. The molecule has 1 atom stereocenters. The zero-order valence-electron chi connectivity index (χ0n) is 11.6. The monoisotopic (exact) mass is 285 g/mol. The highest BCUT2D eigenvalue weighted by Gasteiger charge is 2.15. The Balaban J connectivity index is 2.10. The maximum absolute atomic E-state index is 13.0. The summed E-state index contributed by atoms with van der Waals surface area (Å²) in [6.45, 7) is 2.19. The van der Waals surface area contributed by atoms with Crippen LogP contribution in [0.4, 0.5) is 10.1 Å². The molecule has 0 aliphatic rings. The number of hydrogen-bond donors (Lipinski definition) is 2. The highest BCUT2D eigenvalue weighted by atomic mass is 19.1. The number of imidazole rings is 1. The van der Waals surface area contributed by atoms with Crippen LogP contribution in [0.2, 0.25) is 0 Å². The van der Waals surface area contributed by atoms with Gasteiger partial charge in [0.2, 0.25) is 0 Å². The van der Waals surface area contributed by atoms with Crippen molar-refractivity contribution in [1.82, 2.24) is 9.55 Å². The molecule has 0 fully saturated rings. The second-order valence-corrected chi connectivity index (χ2v) is 5.11. The van der Waals surface area contributed by atoms with Crippen molar-refractivity contribution in [3.63, 3.8) is 0 Å². The van der Waals surface area contributed by atoms with Gasteiger partial charge in [-0.15, -0.1) is 0 Å². The fourth-order valence-electron chi connectivity index (χ4n) is 2.42. The van der Waals surface area contributed by atoms with Crippen LogP contribution >= 0.6 is 0 Å². The van der Waals surface area contributed by atoms with E-state index < -0.39 is 6.10 Å². The lowest BCUT2D eigenvalue weighted by Gasteiger charge is -2.11. The van der Waals surface area contributed by atoms with Crippen molar-refractivity contribution in [2.24, 2.45) is 0 Å². The maximum Gasteiger partial charge on any atom is 0.138 e. The average Bonchev–Trinajstić information content (AvgIpc) is 2.79. The summed E-state index contributed by atoms with van der Waals surface area (Å²) in [7, 11) is 0. The smallest absolute Gasteiger partial charge is 0.138 e. The summed E-state index contributed by atoms with van der Waals surface area (Å²) in [6.07, 6.45) is -0.695. The van der Waals surface area contributed by atoms with Crippen LogP contribution in [0.15, 0.2) is 42.5 Å². The summed E-state index contributed by atoms with van der Waals surface area (Å²) in [5.74, 6) is 0.303. The van der Waals surface area contributed by atoms with Crippen LogP contribution in [-0.4, -0.2) is 14.7 Å². The molecule has 3 N–H and O–H groups in total. The van der Waals surface area contributed by atoms with Crippen molar-refractivity contribution < 1.29 is 9.50 Å². The van der Waals surface area contributed by atoms with E-state index in [0.717, 1.165) is 16.6 Å². The third-order valence-corrected chi connectivity index (χ3v) is 3.43. The Morgan fingerprint density at radius 2 is 1.95 bits per heavy atom. The lowest BCUT2D eigenvalue weighted by atomic mass is 10.2. The number of halogens is 1. The second-order valence-electron chi connectivity index (χ2n) is 5.11. The van der Waals surface area contributed by atoms with Crippen molar-refractivity contribution in [2.45, 2.75) is 19.6 Å². The van der Waals surface area contributed by atoms with Gasteiger partial charge in [-0.3, -0.25) is 0 Å². The summed E-state index contributed by atoms with van der Waals surface area (Å²) in [5.41, 5.74) is 8.98. The van der Waals surface area contributed by atoms with Gasteiger partial charge in [0.05, 0.1) is 11.0 Å². The zero-order chi connectivity index (χ0) is 15.0. The number of nitrogens with two attached hydrogens (primary N) is 1. The average molecular weight is 285 g/mol. The van der Waals surface area contributed by atoms with Gasteiger partial charge in [-0.25, -0.2) is 9.37 Å². The molecule has 0 aliphatic carbocycles. The van der Waals surface area contributed by atoms with Gasteiger partial charge in [-0.2, -0.15) is 0 Å². The molecule has 5 heteroatoms. The van der Waals surface area contributed by atoms with E-state index in [1.807, 2.05) is 10.6 Å². The van der Waals surface area contributed by atoms with Gasteiger partial charge in [0.15, 0.2) is 0 Å². The van der Waals surface area contributed by atoms with Crippen molar-refractivity contribution >= 4 is 16.7 Å². The highest BCUT2D eigenvalue weighted by Crippen LogP contribution is 2.24. The number of fused-ring (bicyclic) bond motifs is 1. The molecule has 0 saturated carbocycles. The van der Waals surface area contributed by atoms with Gasteiger partial charge < -0.3 is 15.4 Å². The number of nitrogen functional groups attached to an aromatic ring is 1. The van der Waals surface area contributed by atoms with Crippen LogP contribution in [0.25, 0.3) is 11.0 Å². The molecule has 108 valence electrons. The van der Waals surface area contributed by atoms with E-state index in [4.69, 9.17) is 5.73 Å². The first-order valence-corrected chi connectivity index (χ1v) is 6.73. The van der Waals surface area contributed by atoms with Crippen LogP contribution in [-0.2, 0) is 6.54 Å². The Hall–Kier alpha value is -2.40. The SMILES string of the molecule is CC(O)c1nc2cc(N)ccc2n1Cc1ccc(F)cc1. The van der Waals surface area contributed by atoms with Gasteiger partial charge in [-0.1, -0.05) is 12.1 Å². The molecule has 21 heavy (non-hydrogen) atoms. The second kappa shape index (κ2) is 5.18. The van der Waals surface area contributed by atoms with E-state index in [0.29, 0.717) is 18.1 Å². The highest BCUT2D eigenvalue weighted by molar-refractivity contribution is 5.79. The number of anilines is 1. The number of aromatic nitrogens is 2. The zero-order valence-corrected chi connectivity index (χ0v) is 11.6. The first-order chi connectivity index (χ1) is 10.0. The van der Waals surface area contributed by atoms with E-state index in [9.17, 15) is 9.50 Å². The van der Waals surface area contributed by atoms with Gasteiger partial charge in [-0.05, 0) is 42.8 Å². The van der Waals surface area contributed by atoms with Crippen molar-refractivity contribution in [2.75, 3.05) is 5.73 Å². The number of rotatable bonds is 3. The Kier molecular flexibility index (Phi) is 3.35. The molecule has 1 unspecified atom stereocenters. The van der Waals surface area contributed by atoms with Gasteiger partial charge in [0, 0.05) is 12.2 Å². The van der Waals surface area contributed by atoms with E-state index in [1.165, 1.54) is 12.1 Å². The molecule has 3 rings (SSSR count). The number of benzene rings is 2. The summed E-state index contributed by atoms with van der Waals surface area (Å²) >= 11 is 0. The fraction of sp³-hybridized carbons (Fsp3) is 0.188. The minimum atomic E-state index is -0.695. The summed E-state index contributed by atoms with van der Waals surface area (Å²) < 4.78 is 14.9. The lowest BCUT2D eigenvalue weighted by molar-refractivity contribution is 0.185. The van der Waals surface area contributed by atoms with Crippen molar-refractivity contribution in [3.05, 3.63) is 59.7 Å². The predicted molar refractivity (Wildman–Crippen MR) is 80.3 cm³/mol. The minimum Gasteiger partial charge on any atom is -0.399 e. The standard InChI is InChI=1S/C16H16FN3O/c1-10(21)16-19-14-8-13(18)6-7-15(14)20(16)9-11-2-4-12(17)5-3-11/h2-8,10,21H,9,18H2,1H3. The molecule has 2 aromatic carbocycles. The third-order valence-electron chi connectivity index (χ3n) is 3.43. The predicted octanol–water partition coefficient (Wildman–Crippen LogP) is 2.86. The number of nitrogens with zero attached hydrogens (tertiary/aromatic N) is 2. The Bertz CT molecular complexity index is 778. The number of aliphatic hydroxyl groups excluding tert-OH is 1. The van der Waals surface area contributed by atoms with Crippen LogP contribution in [0, 0.1) is 5.82 Å². The molecule has 0 amide bonds. The van der Waals surface area contributed by atoms with E-state index in [2.05, 4.69) is 4.98 Å². The molecule has 1 aromatic heterocycles. The lowest BCUT2D eigenvalue weighted by Crippen LogP contribution is -2.08. The van der Waals surface area contributed by atoms with E-state index in [1.54, 1.807) is 31.2 Å². The number of hydrogen-bond acceptors (Lipinski definition) is 3. The van der Waals surface area contributed by atoms with Gasteiger partial charge in [0.25, 0.3) is 0 Å². The number of aliphatic hydroxyl groups is 1. The van der Waals surface area contributed by atoms with Crippen LogP contribution in [0.1, 0.15) is 24.4 Å². The van der Waals surface area contributed by atoms with Gasteiger partial charge >= 0.3 is 0 Å². The van der Waals surface area contributed by atoms with E-state index >= 15 is 0 Å². The molecule has 0 bridgehead atoms. The molecule has 0 saturated heterocycles. The Morgan fingerprint density at radius 3 is 2.62 bits per heavy atom. The molecule has 0 aliphatic heterocycles. The molecule has 0 radical (unpaired) electrons. The topological polar surface area (TPSA) is 64.1 Å². The first-order valence-electron chi connectivity index (χ1n) is 6.73. The fourth-order valence-corrected chi connectivity index (χ4v) is 2.42. The van der Waals surface area contributed by atoms with Crippen molar-refractivity contribution in [1.29, 1.82) is 0 Å². The quantitative estimate of drug-likeness (QED) is 0.727. The molecule has 1 heterocycles.